The van der Waals surface area contributed by atoms with Crippen LogP contribution in [0.15, 0.2) is 61.1 Å². The maximum Gasteiger partial charge on any atom is 0.255 e. The molecule has 4 rings (SSSR count). The number of nitrogens with zero attached hydrogens (tertiary/aromatic N) is 4. The van der Waals surface area contributed by atoms with E-state index in [1.165, 1.54) is 0 Å². The zero-order valence-corrected chi connectivity index (χ0v) is 16.2. The molecule has 0 atom stereocenters. The normalized spacial score (nSPS) is 11.2. The fourth-order valence-electron chi connectivity index (χ4n) is 3.26. The molecular weight excluding hydrogens is 388 g/mol. The number of hydrogen-bond donors (Lipinski definition) is 1. The molecule has 0 bridgehead atoms. The van der Waals surface area contributed by atoms with E-state index in [0.717, 1.165) is 28.2 Å². The van der Waals surface area contributed by atoms with Gasteiger partial charge in [-0.1, -0.05) is 12.1 Å². The van der Waals surface area contributed by atoms with E-state index in [0.29, 0.717) is 11.3 Å². The van der Waals surface area contributed by atoms with Gasteiger partial charge in [-0.05, 0) is 37.3 Å². The molecule has 0 aliphatic rings. The lowest BCUT2D eigenvalue weighted by Gasteiger charge is -2.10. The number of carbonyl (C=O) groups is 1. The van der Waals surface area contributed by atoms with Crippen LogP contribution in [0.4, 0.5) is 8.78 Å². The van der Waals surface area contributed by atoms with E-state index in [1.54, 1.807) is 16.8 Å². The van der Waals surface area contributed by atoms with Crippen LogP contribution in [-0.2, 0) is 11.2 Å². The van der Waals surface area contributed by atoms with Crippen molar-refractivity contribution in [3.8, 4) is 22.5 Å². The lowest BCUT2D eigenvalue weighted by molar-refractivity contribution is -0.121. The summed E-state index contributed by atoms with van der Waals surface area (Å²) in [6.07, 6.45) is 2.54. The number of alkyl halides is 2. The van der Waals surface area contributed by atoms with Crippen LogP contribution in [0.3, 0.4) is 0 Å². The van der Waals surface area contributed by atoms with Crippen molar-refractivity contribution in [1.82, 2.24) is 24.7 Å². The molecule has 4 aromatic heterocycles. The summed E-state index contributed by atoms with van der Waals surface area (Å²) in [7, 11) is 0. The molecule has 0 unspecified atom stereocenters. The van der Waals surface area contributed by atoms with Crippen LogP contribution in [0.25, 0.3) is 28.2 Å². The molecule has 0 aromatic carbocycles. The monoisotopic (exact) mass is 407 g/mol. The van der Waals surface area contributed by atoms with Crippen molar-refractivity contribution in [3.05, 3.63) is 72.4 Å². The first-order valence-electron chi connectivity index (χ1n) is 9.41. The third-order valence-corrected chi connectivity index (χ3v) is 4.63. The first kappa shape index (κ1) is 19.6. The Labute approximate surface area is 171 Å². The number of nitrogens with one attached hydrogen (secondary N) is 1. The van der Waals surface area contributed by atoms with Crippen molar-refractivity contribution in [2.45, 2.75) is 19.8 Å². The van der Waals surface area contributed by atoms with E-state index in [9.17, 15) is 13.6 Å². The number of fused-ring (bicyclic) bond motifs is 1. The average Bonchev–Trinajstić information content (AvgIpc) is 3.14. The zero-order valence-electron chi connectivity index (χ0n) is 16.2. The van der Waals surface area contributed by atoms with E-state index >= 15 is 0 Å². The molecule has 0 aliphatic heterocycles. The molecule has 0 saturated heterocycles. The molecule has 0 aliphatic carbocycles. The number of carbonyl (C=O) groups excluding carboxylic acids is 1. The standard InChI is InChI=1S/C22H19F2N5O/c1-14-4-2-6-18(28-14)22-17(5-3-9-25-22)15-7-8-20-26-11-16(29(20)13-15)10-21(30)27-12-19(23)24/h2-9,11,13,19H,10,12H2,1H3,(H,27,30). The van der Waals surface area contributed by atoms with Crippen LogP contribution < -0.4 is 5.32 Å². The summed E-state index contributed by atoms with van der Waals surface area (Å²) in [6.45, 7) is 1.26. The van der Waals surface area contributed by atoms with Gasteiger partial charge in [-0.25, -0.2) is 13.8 Å². The molecule has 4 heterocycles. The number of aromatic nitrogens is 4. The minimum Gasteiger partial charge on any atom is -0.350 e. The second-order valence-corrected chi connectivity index (χ2v) is 6.83. The summed E-state index contributed by atoms with van der Waals surface area (Å²) in [5, 5.41) is 2.22. The summed E-state index contributed by atoms with van der Waals surface area (Å²) in [4.78, 5) is 25.4. The Hall–Kier alpha value is -3.68. The molecule has 152 valence electrons. The molecule has 0 radical (unpaired) electrons. The minimum atomic E-state index is -2.58. The van der Waals surface area contributed by atoms with Gasteiger partial charge in [0.15, 0.2) is 0 Å². The fraction of sp³-hybridized carbons (Fsp3) is 0.182. The zero-order chi connectivity index (χ0) is 21.1. The van der Waals surface area contributed by atoms with Crippen molar-refractivity contribution >= 4 is 11.6 Å². The van der Waals surface area contributed by atoms with Crippen molar-refractivity contribution in [3.63, 3.8) is 0 Å². The molecular formula is C22H19F2N5O. The minimum absolute atomic E-state index is 0.0450. The van der Waals surface area contributed by atoms with Gasteiger partial charge in [0.2, 0.25) is 5.91 Å². The average molecular weight is 407 g/mol. The summed E-state index contributed by atoms with van der Waals surface area (Å²) in [6, 6.07) is 13.4. The molecule has 8 heteroatoms. The number of aryl methyl sites for hydroxylation is 1. The highest BCUT2D eigenvalue weighted by Crippen LogP contribution is 2.29. The van der Waals surface area contributed by atoms with Gasteiger partial charge in [0.25, 0.3) is 6.43 Å². The number of halogens is 2. The molecule has 0 spiro atoms. The maximum absolute atomic E-state index is 12.3. The van der Waals surface area contributed by atoms with Crippen molar-refractivity contribution in [2.24, 2.45) is 0 Å². The highest BCUT2D eigenvalue weighted by atomic mass is 19.3. The number of amides is 1. The van der Waals surface area contributed by atoms with Crippen LogP contribution in [-0.4, -0.2) is 38.2 Å². The molecule has 0 saturated carbocycles. The first-order valence-corrected chi connectivity index (χ1v) is 9.41. The summed E-state index contributed by atoms with van der Waals surface area (Å²) < 4.78 is 26.4. The van der Waals surface area contributed by atoms with Gasteiger partial charge in [0, 0.05) is 35.4 Å². The van der Waals surface area contributed by atoms with Crippen LogP contribution in [0.1, 0.15) is 11.4 Å². The third-order valence-electron chi connectivity index (χ3n) is 4.63. The quantitative estimate of drug-likeness (QED) is 0.529. The number of rotatable bonds is 6. The summed E-state index contributed by atoms with van der Waals surface area (Å²) in [5.41, 5.74) is 5.44. The second kappa shape index (κ2) is 8.36. The Morgan fingerprint density at radius 3 is 2.80 bits per heavy atom. The Kier molecular flexibility index (Phi) is 5.47. The lowest BCUT2D eigenvalue weighted by Crippen LogP contribution is -2.30. The molecule has 1 N–H and O–H groups in total. The molecule has 6 nitrogen and oxygen atoms in total. The second-order valence-electron chi connectivity index (χ2n) is 6.83. The largest absolute Gasteiger partial charge is 0.350 e. The van der Waals surface area contributed by atoms with Gasteiger partial charge in [0.05, 0.1) is 30.0 Å². The van der Waals surface area contributed by atoms with Crippen LogP contribution in [0.5, 0.6) is 0 Å². The van der Waals surface area contributed by atoms with Gasteiger partial charge in [-0.3, -0.25) is 14.8 Å². The van der Waals surface area contributed by atoms with E-state index in [4.69, 9.17) is 0 Å². The smallest absolute Gasteiger partial charge is 0.255 e. The number of pyridine rings is 3. The molecule has 1 amide bonds. The third kappa shape index (κ3) is 4.17. The topological polar surface area (TPSA) is 72.2 Å². The first-order chi connectivity index (χ1) is 14.5. The molecule has 30 heavy (non-hydrogen) atoms. The summed E-state index contributed by atoms with van der Waals surface area (Å²) in [5.74, 6) is -0.478. The van der Waals surface area contributed by atoms with Gasteiger partial charge in [0.1, 0.15) is 5.65 Å². The van der Waals surface area contributed by atoms with Crippen LogP contribution in [0.2, 0.25) is 0 Å². The number of imidazole rings is 1. The van der Waals surface area contributed by atoms with Crippen molar-refractivity contribution in [2.75, 3.05) is 6.54 Å². The van der Waals surface area contributed by atoms with Gasteiger partial charge >= 0.3 is 0 Å². The Bertz CT molecular complexity index is 1210. The molecule has 4 aromatic rings. The summed E-state index contributed by atoms with van der Waals surface area (Å²) >= 11 is 0. The Morgan fingerprint density at radius 2 is 2.00 bits per heavy atom. The SMILES string of the molecule is Cc1cccc(-c2ncccc2-c2ccc3ncc(CC(=O)NCC(F)F)n3c2)n1. The van der Waals surface area contributed by atoms with E-state index in [1.807, 2.05) is 55.6 Å². The van der Waals surface area contributed by atoms with E-state index in [2.05, 4.69) is 20.3 Å². The van der Waals surface area contributed by atoms with Crippen LogP contribution >= 0.6 is 0 Å². The van der Waals surface area contributed by atoms with Crippen molar-refractivity contribution in [1.29, 1.82) is 0 Å². The van der Waals surface area contributed by atoms with Gasteiger partial charge in [-0.2, -0.15) is 0 Å². The van der Waals surface area contributed by atoms with Crippen LogP contribution in [0, 0.1) is 6.92 Å². The Morgan fingerprint density at radius 1 is 1.13 bits per heavy atom. The number of hydrogen-bond acceptors (Lipinski definition) is 4. The highest BCUT2D eigenvalue weighted by molar-refractivity contribution is 5.80. The van der Waals surface area contributed by atoms with E-state index in [-0.39, 0.29) is 6.42 Å². The predicted octanol–water partition coefficient (Wildman–Crippen LogP) is 3.69. The highest BCUT2D eigenvalue weighted by Gasteiger charge is 2.14. The van der Waals surface area contributed by atoms with E-state index < -0.39 is 18.9 Å². The maximum atomic E-state index is 12.3. The fourth-order valence-corrected chi connectivity index (χ4v) is 3.26. The van der Waals surface area contributed by atoms with Gasteiger partial charge < -0.3 is 9.72 Å². The lowest BCUT2D eigenvalue weighted by atomic mass is 10.0. The predicted molar refractivity (Wildman–Crippen MR) is 109 cm³/mol. The van der Waals surface area contributed by atoms with Crippen molar-refractivity contribution < 1.29 is 13.6 Å². The Balaban J connectivity index is 1.70. The van der Waals surface area contributed by atoms with Gasteiger partial charge in [-0.15, -0.1) is 0 Å². The molecule has 0 fully saturated rings.